The van der Waals surface area contributed by atoms with Crippen LogP contribution < -0.4 is 0 Å². The molecule has 224 valence electrons. The number of hydrogen-bond acceptors (Lipinski definition) is 4. The zero-order valence-corrected chi connectivity index (χ0v) is 24.9. The van der Waals surface area contributed by atoms with Crippen molar-refractivity contribution in [2.75, 3.05) is 26.4 Å². The van der Waals surface area contributed by atoms with Gasteiger partial charge in [-0.15, -0.1) is 0 Å². The zero-order chi connectivity index (χ0) is 27.1. The van der Waals surface area contributed by atoms with Gasteiger partial charge < -0.3 is 20.4 Å². The van der Waals surface area contributed by atoms with Crippen LogP contribution in [0.1, 0.15) is 180 Å². The van der Waals surface area contributed by atoms with Gasteiger partial charge in [0.15, 0.2) is 0 Å². The van der Waals surface area contributed by atoms with Gasteiger partial charge in [0, 0.05) is 26.4 Å². The van der Waals surface area contributed by atoms with Crippen molar-refractivity contribution in [1.82, 2.24) is 0 Å². The van der Waals surface area contributed by atoms with Gasteiger partial charge in [-0.3, -0.25) is 0 Å². The van der Waals surface area contributed by atoms with E-state index in [2.05, 4.69) is 0 Å². The van der Waals surface area contributed by atoms with Gasteiger partial charge in [0.05, 0.1) is 0 Å². The highest BCUT2D eigenvalue weighted by Gasteiger charge is 2.28. The second kappa shape index (κ2) is 30.4. The van der Waals surface area contributed by atoms with Gasteiger partial charge in [0.2, 0.25) is 0 Å². The van der Waals surface area contributed by atoms with Crippen LogP contribution in [0.15, 0.2) is 0 Å². The van der Waals surface area contributed by atoms with E-state index in [1.165, 1.54) is 154 Å². The fourth-order valence-electron chi connectivity index (χ4n) is 6.03. The first-order valence-electron chi connectivity index (χ1n) is 16.7. The Kier molecular flexibility index (Phi) is 30.3. The molecule has 0 amide bonds. The van der Waals surface area contributed by atoms with E-state index in [-0.39, 0.29) is 0 Å². The average molecular weight is 529 g/mol. The van der Waals surface area contributed by atoms with Crippen molar-refractivity contribution in [1.29, 1.82) is 0 Å². The maximum Gasteiger partial charge on any atom is 0.0431 e. The molecule has 4 heteroatoms. The molecule has 0 radical (unpaired) electrons. The predicted molar refractivity (Wildman–Crippen MR) is 160 cm³/mol. The highest BCUT2D eigenvalue weighted by Crippen LogP contribution is 2.42. The number of unbranched alkanes of at least 4 members (excludes halogenated alkanes) is 20. The molecule has 0 saturated heterocycles. The van der Waals surface area contributed by atoms with E-state index in [0.717, 1.165) is 25.7 Å². The van der Waals surface area contributed by atoms with Crippen molar-refractivity contribution in [2.24, 2.45) is 5.41 Å². The molecule has 0 aliphatic carbocycles. The fourth-order valence-corrected chi connectivity index (χ4v) is 6.03. The molecule has 0 aromatic rings. The van der Waals surface area contributed by atoms with E-state index in [0.29, 0.717) is 31.8 Å². The number of aliphatic hydroxyl groups is 4. The molecule has 0 aromatic heterocycles. The molecule has 0 aromatic carbocycles. The van der Waals surface area contributed by atoms with E-state index < -0.39 is 0 Å². The van der Waals surface area contributed by atoms with Crippen LogP contribution in [0.5, 0.6) is 0 Å². The van der Waals surface area contributed by atoms with Gasteiger partial charge in [0.1, 0.15) is 0 Å². The van der Waals surface area contributed by atoms with E-state index in [9.17, 15) is 0 Å². The third kappa shape index (κ3) is 25.9. The maximum atomic E-state index is 9.03. The molecule has 0 atom stereocenters. The summed E-state index contributed by atoms with van der Waals surface area (Å²) in [6.07, 6.45) is 35.3. The van der Waals surface area contributed by atoms with Gasteiger partial charge in [-0.1, -0.05) is 128 Å². The zero-order valence-electron chi connectivity index (χ0n) is 24.9. The molecule has 0 bridgehead atoms. The van der Waals surface area contributed by atoms with E-state index in [4.69, 9.17) is 20.4 Å². The molecule has 4 N–H and O–H groups in total. The summed E-state index contributed by atoms with van der Waals surface area (Å²) in [5.74, 6) is 0. The van der Waals surface area contributed by atoms with Crippen molar-refractivity contribution in [3.8, 4) is 0 Å². The lowest BCUT2D eigenvalue weighted by atomic mass is 9.70. The van der Waals surface area contributed by atoms with Gasteiger partial charge in [-0.25, -0.2) is 0 Å². The molecule has 0 saturated carbocycles. The van der Waals surface area contributed by atoms with Crippen LogP contribution in [0.25, 0.3) is 0 Å². The maximum absolute atomic E-state index is 9.03. The van der Waals surface area contributed by atoms with E-state index >= 15 is 0 Å². The topological polar surface area (TPSA) is 80.9 Å². The highest BCUT2D eigenvalue weighted by molar-refractivity contribution is 4.80. The molecular weight excluding hydrogens is 460 g/mol. The summed E-state index contributed by atoms with van der Waals surface area (Å²) in [7, 11) is 0. The third-order valence-corrected chi connectivity index (χ3v) is 8.46. The lowest BCUT2D eigenvalue weighted by Crippen LogP contribution is -2.21. The number of rotatable bonds is 32. The minimum Gasteiger partial charge on any atom is -0.396 e. The SMILES string of the molecule is OCCCCCCCCC(CCCCCCCCO)(CCCCCCCCO)CCCCCCCCO. The Hall–Kier alpha value is -0.160. The molecule has 0 heterocycles. The van der Waals surface area contributed by atoms with Crippen molar-refractivity contribution in [3.63, 3.8) is 0 Å². The molecule has 0 unspecified atom stereocenters. The summed E-state index contributed by atoms with van der Waals surface area (Å²) in [5.41, 5.74) is 0.520. The van der Waals surface area contributed by atoms with Gasteiger partial charge in [-0.2, -0.15) is 0 Å². The van der Waals surface area contributed by atoms with E-state index in [1.807, 2.05) is 0 Å². The van der Waals surface area contributed by atoms with Gasteiger partial charge in [-0.05, 0) is 56.8 Å². The Labute approximate surface area is 232 Å². The molecule has 37 heavy (non-hydrogen) atoms. The molecule has 0 rings (SSSR count). The summed E-state index contributed by atoms with van der Waals surface area (Å²) in [6, 6.07) is 0. The van der Waals surface area contributed by atoms with Gasteiger partial charge in [0.25, 0.3) is 0 Å². The molecule has 0 fully saturated rings. The lowest BCUT2D eigenvalue weighted by Gasteiger charge is -2.35. The second-order valence-corrected chi connectivity index (χ2v) is 11.9. The minimum absolute atomic E-state index is 0.336. The van der Waals surface area contributed by atoms with Crippen molar-refractivity contribution in [3.05, 3.63) is 0 Å². The van der Waals surface area contributed by atoms with Crippen LogP contribution in [-0.4, -0.2) is 46.9 Å². The fraction of sp³-hybridized carbons (Fsp3) is 1.00. The first-order chi connectivity index (χ1) is 18.2. The summed E-state index contributed by atoms with van der Waals surface area (Å²) >= 11 is 0. The van der Waals surface area contributed by atoms with Crippen molar-refractivity contribution < 1.29 is 20.4 Å². The van der Waals surface area contributed by atoms with Gasteiger partial charge >= 0.3 is 0 Å². The number of hydrogen-bond donors (Lipinski definition) is 4. The third-order valence-electron chi connectivity index (χ3n) is 8.46. The Morgan fingerprint density at radius 3 is 0.568 bits per heavy atom. The molecule has 0 spiro atoms. The molecule has 4 nitrogen and oxygen atoms in total. The average Bonchev–Trinajstić information content (AvgIpc) is 2.91. The molecule has 0 aliphatic rings. The summed E-state index contributed by atoms with van der Waals surface area (Å²) in [5, 5.41) is 36.1. The minimum atomic E-state index is 0.336. The predicted octanol–water partition coefficient (Wildman–Crippen LogP) is 8.86. The van der Waals surface area contributed by atoms with Crippen LogP contribution in [0.4, 0.5) is 0 Å². The Bertz CT molecular complexity index is 338. The summed E-state index contributed by atoms with van der Waals surface area (Å²) in [4.78, 5) is 0. The van der Waals surface area contributed by atoms with Crippen LogP contribution in [-0.2, 0) is 0 Å². The first kappa shape index (κ1) is 36.8. The Balaban J connectivity index is 4.78. The van der Waals surface area contributed by atoms with Crippen LogP contribution in [0.2, 0.25) is 0 Å². The quantitative estimate of drug-likeness (QED) is 0.0657. The van der Waals surface area contributed by atoms with Crippen molar-refractivity contribution in [2.45, 2.75) is 180 Å². The largest absolute Gasteiger partial charge is 0.396 e. The van der Waals surface area contributed by atoms with E-state index in [1.54, 1.807) is 0 Å². The monoisotopic (exact) mass is 529 g/mol. The summed E-state index contributed by atoms with van der Waals surface area (Å²) in [6.45, 7) is 1.35. The normalized spacial score (nSPS) is 12.0. The Morgan fingerprint density at radius 1 is 0.216 bits per heavy atom. The molecule has 0 aliphatic heterocycles. The summed E-state index contributed by atoms with van der Waals surface area (Å²) < 4.78 is 0. The first-order valence-corrected chi connectivity index (χ1v) is 16.7. The lowest BCUT2D eigenvalue weighted by molar-refractivity contribution is 0.171. The molecular formula is C33H68O4. The highest BCUT2D eigenvalue weighted by atomic mass is 16.3. The Morgan fingerprint density at radius 2 is 0.378 bits per heavy atom. The van der Waals surface area contributed by atoms with Crippen LogP contribution >= 0.6 is 0 Å². The second-order valence-electron chi connectivity index (χ2n) is 11.9. The number of aliphatic hydroxyl groups excluding tert-OH is 4. The van der Waals surface area contributed by atoms with Crippen molar-refractivity contribution >= 4 is 0 Å². The van der Waals surface area contributed by atoms with Crippen LogP contribution in [0.3, 0.4) is 0 Å². The standard InChI is InChI=1S/C33H68O4/c34-29-21-13-5-1-9-17-25-33(26-18-10-2-6-14-22-30-35,27-19-11-3-7-15-23-31-36)28-20-12-4-8-16-24-32-37/h34-37H,1-32H2. The smallest absolute Gasteiger partial charge is 0.0431 e. The van der Waals surface area contributed by atoms with Crippen LogP contribution in [0, 0.1) is 5.41 Å².